The number of rotatable bonds is 7. The van der Waals surface area contributed by atoms with Crippen molar-refractivity contribution < 1.29 is 5.11 Å². The van der Waals surface area contributed by atoms with Crippen molar-refractivity contribution in [2.24, 2.45) is 10.9 Å². The number of hydrogen-bond acceptors (Lipinski definition) is 5. The van der Waals surface area contributed by atoms with Crippen molar-refractivity contribution in [1.82, 2.24) is 20.0 Å². The summed E-state index contributed by atoms with van der Waals surface area (Å²) in [6.07, 6.45) is 0. The van der Waals surface area contributed by atoms with Gasteiger partial charge in [0.25, 0.3) is 0 Å². The summed E-state index contributed by atoms with van der Waals surface area (Å²) in [7, 11) is 0. The van der Waals surface area contributed by atoms with E-state index in [-0.39, 0.29) is 24.0 Å². The summed E-state index contributed by atoms with van der Waals surface area (Å²) in [6.45, 7) is 19.1. The van der Waals surface area contributed by atoms with E-state index in [1.165, 1.54) is 26.2 Å². The van der Waals surface area contributed by atoms with E-state index in [2.05, 4.69) is 45.7 Å². The van der Waals surface area contributed by atoms with Crippen molar-refractivity contribution in [2.75, 3.05) is 83.4 Å². The maximum Gasteiger partial charge on any atom is 0.194 e. The van der Waals surface area contributed by atoms with Crippen molar-refractivity contribution in [3.63, 3.8) is 0 Å². The first-order chi connectivity index (χ1) is 14.6. The van der Waals surface area contributed by atoms with Crippen molar-refractivity contribution in [1.29, 1.82) is 0 Å². The molecule has 2 aliphatic rings. The number of para-hydroxylation sites is 2. The van der Waals surface area contributed by atoms with Gasteiger partial charge in [-0.05, 0) is 31.5 Å². The van der Waals surface area contributed by atoms with E-state index in [1.54, 1.807) is 6.07 Å². The first kappa shape index (κ1) is 26.0. The van der Waals surface area contributed by atoms with Crippen LogP contribution in [0.5, 0.6) is 5.75 Å². The lowest BCUT2D eigenvalue weighted by molar-refractivity contribution is 0.125. The predicted octanol–water partition coefficient (Wildman–Crippen LogP) is 2.37. The van der Waals surface area contributed by atoms with Crippen LogP contribution in [-0.2, 0) is 0 Å². The summed E-state index contributed by atoms with van der Waals surface area (Å²) in [6, 6.07) is 7.61. The number of phenolic OH excluding ortho intramolecular Hbond substituents is 1. The van der Waals surface area contributed by atoms with E-state index in [0.717, 1.165) is 64.0 Å². The van der Waals surface area contributed by atoms with Crippen LogP contribution in [0.2, 0.25) is 0 Å². The molecule has 0 saturated carbocycles. The molecule has 1 aromatic rings. The highest BCUT2D eigenvalue weighted by atomic mass is 127. The van der Waals surface area contributed by atoms with E-state index < -0.39 is 0 Å². The average Bonchev–Trinajstić information content (AvgIpc) is 2.78. The molecule has 0 amide bonds. The molecule has 176 valence electrons. The number of anilines is 1. The van der Waals surface area contributed by atoms with E-state index >= 15 is 0 Å². The minimum atomic E-state index is 0. The second-order valence-corrected chi connectivity index (χ2v) is 8.50. The molecular weight excluding hydrogens is 503 g/mol. The van der Waals surface area contributed by atoms with Gasteiger partial charge >= 0.3 is 0 Å². The third kappa shape index (κ3) is 7.68. The van der Waals surface area contributed by atoms with E-state index in [9.17, 15) is 5.11 Å². The van der Waals surface area contributed by atoms with Crippen LogP contribution < -0.4 is 10.2 Å². The molecule has 2 heterocycles. The molecule has 0 spiro atoms. The van der Waals surface area contributed by atoms with Crippen LogP contribution in [0.4, 0.5) is 5.69 Å². The number of nitrogens with zero attached hydrogens (tertiary/aromatic N) is 5. The Kier molecular flexibility index (Phi) is 11.2. The van der Waals surface area contributed by atoms with Gasteiger partial charge in [0, 0.05) is 72.0 Å². The predicted molar refractivity (Wildman–Crippen MR) is 141 cm³/mol. The summed E-state index contributed by atoms with van der Waals surface area (Å²) in [4.78, 5) is 14.7. The fourth-order valence-corrected chi connectivity index (χ4v) is 4.35. The third-order valence-electron chi connectivity index (χ3n) is 6.17. The van der Waals surface area contributed by atoms with Gasteiger partial charge in [0.1, 0.15) is 5.75 Å². The number of benzene rings is 1. The van der Waals surface area contributed by atoms with Crippen LogP contribution in [-0.4, -0.2) is 104 Å². The van der Waals surface area contributed by atoms with Crippen molar-refractivity contribution in [3.8, 4) is 5.75 Å². The largest absolute Gasteiger partial charge is 0.506 e. The zero-order chi connectivity index (χ0) is 21.3. The Morgan fingerprint density at radius 1 is 1.00 bits per heavy atom. The van der Waals surface area contributed by atoms with Crippen LogP contribution in [0, 0.1) is 5.92 Å². The molecule has 0 bridgehead atoms. The molecule has 8 heteroatoms. The maximum absolute atomic E-state index is 10.1. The van der Waals surface area contributed by atoms with Crippen LogP contribution in [0.3, 0.4) is 0 Å². The Balaban J connectivity index is 0.00000341. The summed E-state index contributed by atoms with van der Waals surface area (Å²) in [5.74, 6) is 1.94. The van der Waals surface area contributed by atoms with Gasteiger partial charge in [0.05, 0.1) is 5.69 Å². The van der Waals surface area contributed by atoms with Gasteiger partial charge in [-0.1, -0.05) is 26.0 Å². The summed E-state index contributed by atoms with van der Waals surface area (Å²) in [5, 5.41) is 13.6. The first-order valence-electron chi connectivity index (χ1n) is 11.6. The number of aliphatic imine (C=N–C) groups is 1. The third-order valence-corrected chi connectivity index (χ3v) is 6.17. The smallest absolute Gasteiger partial charge is 0.194 e. The van der Waals surface area contributed by atoms with E-state index in [0.29, 0.717) is 11.7 Å². The first-order valence-corrected chi connectivity index (χ1v) is 11.6. The molecule has 7 nitrogen and oxygen atoms in total. The Hall–Kier alpha value is -1.26. The second kappa shape index (κ2) is 13.3. The molecule has 2 fully saturated rings. The molecule has 2 aliphatic heterocycles. The minimum Gasteiger partial charge on any atom is -0.506 e. The zero-order valence-corrected chi connectivity index (χ0v) is 21.8. The molecule has 0 radical (unpaired) electrons. The highest BCUT2D eigenvalue weighted by Crippen LogP contribution is 2.27. The zero-order valence-electron chi connectivity index (χ0n) is 19.5. The number of piperazine rings is 2. The molecule has 1 atom stereocenters. The monoisotopic (exact) mass is 544 g/mol. The average molecular weight is 545 g/mol. The Morgan fingerprint density at radius 3 is 2.26 bits per heavy atom. The molecule has 1 aromatic carbocycles. The molecule has 3 rings (SSSR count). The molecule has 2 saturated heterocycles. The van der Waals surface area contributed by atoms with Gasteiger partial charge in [0.2, 0.25) is 0 Å². The van der Waals surface area contributed by atoms with Crippen LogP contribution in [0.15, 0.2) is 29.3 Å². The number of aromatic hydroxyl groups is 1. The van der Waals surface area contributed by atoms with Gasteiger partial charge in [-0.3, -0.25) is 4.99 Å². The van der Waals surface area contributed by atoms with Crippen LogP contribution in [0.1, 0.15) is 20.8 Å². The van der Waals surface area contributed by atoms with E-state index in [1.807, 2.05) is 18.2 Å². The summed E-state index contributed by atoms with van der Waals surface area (Å²) < 4.78 is 0. The normalized spacial score (nSPS) is 19.8. The number of halogens is 1. The van der Waals surface area contributed by atoms with Gasteiger partial charge in [0.15, 0.2) is 5.96 Å². The van der Waals surface area contributed by atoms with Gasteiger partial charge in [-0.25, -0.2) is 0 Å². The van der Waals surface area contributed by atoms with Crippen molar-refractivity contribution in [3.05, 3.63) is 24.3 Å². The van der Waals surface area contributed by atoms with Crippen molar-refractivity contribution >= 4 is 35.6 Å². The fourth-order valence-electron chi connectivity index (χ4n) is 4.35. The summed E-state index contributed by atoms with van der Waals surface area (Å²) in [5.41, 5.74) is 0.927. The molecular formula is C23H41IN6O. The van der Waals surface area contributed by atoms with E-state index in [4.69, 9.17) is 4.99 Å². The lowest BCUT2D eigenvalue weighted by atomic mass is 10.1. The number of guanidine groups is 1. The molecule has 0 aromatic heterocycles. The molecule has 2 N–H and O–H groups in total. The Morgan fingerprint density at radius 2 is 1.65 bits per heavy atom. The highest BCUT2D eigenvalue weighted by molar-refractivity contribution is 14.0. The lowest BCUT2D eigenvalue weighted by Gasteiger charge is -2.38. The second-order valence-electron chi connectivity index (χ2n) is 8.50. The SMILES string of the molecule is CCNC(=NCC(C)CN1CCN(CC)CC1)N1CCN(c2ccccc2O)CC1.I. The standard InChI is InChI=1S/C23H40N6O.HI/c1-4-24-23(25-18-20(3)19-27-12-10-26(5-2)11-13-27)29-16-14-28(15-17-29)21-8-6-7-9-22(21)30;/h6-9,20,30H,4-5,10-19H2,1-3H3,(H,24,25);1H. The van der Waals surface area contributed by atoms with Crippen LogP contribution in [0.25, 0.3) is 0 Å². The number of phenols is 1. The number of hydrogen-bond donors (Lipinski definition) is 2. The molecule has 31 heavy (non-hydrogen) atoms. The molecule has 1 unspecified atom stereocenters. The Bertz CT molecular complexity index is 672. The highest BCUT2D eigenvalue weighted by Gasteiger charge is 2.22. The quantitative estimate of drug-likeness (QED) is 0.313. The van der Waals surface area contributed by atoms with Gasteiger partial charge in [-0.2, -0.15) is 0 Å². The maximum atomic E-state index is 10.1. The Labute approximate surface area is 205 Å². The van der Waals surface area contributed by atoms with Crippen molar-refractivity contribution in [2.45, 2.75) is 20.8 Å². The topological polar surface area (TPSA) is 57.6 Å². The van der Waals surface area contributed by atoms with Crippen LogP contribution >= 0.6 is 24.0 Å². The fraction of sp³-hybridized carbons (Fsp3) is 0.696. The number of likely N-dealkylation sites (N-methyl/N-ethyl adjacent to an activating group) is 1. The van der Waals surface area contributed by atoms with Gasteiger partial charge in [-0.15, -0.1) is 24.0 Å². The minimum absolute atomic E-state index is 0. The van der Waals surface area contributed by atoms with Gasteiger partial charge < -0.3 is 30.0 Å². The summed E-state index contributed by atoms with van der Waals surface area (Å²) >= 11 is 0. The molecule has 0 aliphatic carbocycles. The number of nitrogens with one attached hydrogen (secondary N) is 1. The lowest BCUT2D eigenvalue weighted by Crippen LogP contribution is -2.52.